The van der Waals surface area contributed by atoms with Crippen LogP contribution in [0.15, 0.2) is 0 Å². The summed E-state index contributed by atoms with van der Waals surface area (Å²) in [6.07, 6.45) is 5.58. The molecule has 23 heavy (non-hydrogen) atoms. The highest BCUT2D eigenvalue weighted by atomic mass is 32.2. The van der Waals surface area contributed by atoms with Crippen molar-refractivity contribution < 1.29 is 19.5 Å². The fourth-order valence-corrected chi connectivity index (χ4v) is 3.05. The van der Waals surface area contributed by atoms with Crippen molar-refractivity contribution in [3.8, 4) is 0 Å². The third-order valence-corrected chi connectivity index (χ3v) is 4.46. The fourth-order valence-electron chi connectivity index (χ4n) is 2.33. The van der Waals surface area contributed by atoms with Crippen LogP contribution < -0.4 is 5.32 Å². The summed E-state index contributed by atoms with van der Waals surface area (Å²) in [5.74, 6) is 0.163. The summed E-state index contributed by atoms with van der Waals surface area (Å²) in [6.45, 7) is 6.34. The normalized spacial score (nSPS) is 12.2. The number of carboxylic acids is 1. The van der Waals surface area contributed by atoms with Gasteiger partial charge in [0.2, 0.25) is 5.91 Å². The Morgan fingerprint density at radius 3 is 2.22 bits per heavy atom. The van der Waals surface area contributed by atoms with E-state index in [1.54, 1.807) is 0 Å². The number of rotatable bonds is 13. The number of amides is 1. The molecule has 6 heteroatoms. The Morgan fingerprint density at radius 2 is 1.65 bits per heavy atom. The number of thioether (sulfide) groups is 1. The summed E-state index contributed by atoms with van der Waals surface area (Å²) in [5, 5.41) is 11.5. The first-order valence-electron chi connectivity index (χ1n) is 8.45. The third-order valence-electron chi connectivity index (χ3n) is 3.48. The molecule has 0 spiro atoms. The second kappa shape index (κ2) is 13.4. The van der Waals surface area contributed by atoms with Crippen LogP contribution >= 0.6 is 11.8 Å². The quantitative estimate of drug-likeness (QED) is 0.499. The fraction of sp³-hybridized carbons (Fsp3) is 0.824. The molecule has 0 aromatic carbocycles. The van der Waals surface area contributed by atoms with Crippen molar-refractivity contribution in [2.45, 2.75) is 65.7 Å². The molecule has 0 rings (SSSR count). The number of carbonyl (C=O) groups is 3. The van der Waals surface area contributed by atoms with Crippen molar-refractivity contribution in [1.29, 1.82) is 0 Å². The Bertz CT molecular complexity index is 372. The lowest BCUT2D eigenvalue weighted by Gasteiger charge is -2.17. The predicted molar refractivity (Wildman–Crippen MR) is 94.4 cm³/mol. The summed E-state index contributed by atoms with van der Waals surface area (Å²) in [6, 6.07) is 0. The standard InChI is InChI=1S/C17H31NO4S/c1-13(2)11-15(12-23-14(3)19)17(22)18-10-8-6-4-5-7-9-16(20)21/h13,15H,4-12H2,1-3H3,(H,18,22)(H,20,21). The van der Waals surface area contributed by atoms with Gasteiger partial charge < -0.3 is 10.4 Å². The number of carbonyl (C=O) groups excluding carboxylic acids is 2. The molecule has 0 aliphatic rings. The molecular formula is C17H31NO4S. The molecule has 0 saturated heterocycles. The van der Waals surface area contributed by atoms with Crippen molar-refractivity contribution in [3.05, 3.63) is 0 Å². The van der Waals surface area contributed by atoms with Gasteiger partial charge in [-0.05, 0) is 25.2 Å². The molecule has 0 saturated carbocycles. The van der Waals surface area contributed by atoms with Crippen molar-refractivity contribution in [1.82, 2.24) is 5.32 Å². The van der Waals surface area contributed by atoms with Crippen LogP contribution in [0.5, 0.6) is 0 Å². The molecule has 0 aliphatic carbocycles. The highest BCUT2D eigenvalue weighted by Crippen LogP contribution is 2.18. The molecule has 2 N–H and O–H groups in total. The van der Waals surface area contributed by atoms with Crippen LogP contribution in [0.1, 0.15) is 65.7 Å². The van der Waals surface area contributed by atoms with Gasteiger partial charge in [-0.2, -0.15) is 0 Å². The summed E-state index contributed by atoms with van der Waals surface area (Å²) < 4.78 is 0. The van der Waals surface area contributed by atoms with E-state index >= 15 is 0 Å². The molecule has 134 valence electrons. The van der Waals surface area contributed by atoms with Crippen LogP contribution in [0.25, 0.3) is 0 Å². The summed E-state index contributed by atoms with van der Waals surface area (Å²) in [4.78, 5) is 33.7. The summed E-state index contributed by atoms with van der Waals surface area (Å²) >= 11 is 1.22. The maximum absolute atomic E-state index is 12.2. The van der Waals surface area contributed by atoms with Crippen molar-refractivity contribution in [2.75, 3.05) is 12.3 Å². The van der Waals surface area contributed by atoms with E-state index in [4.69, 9.17) is 5.11 Å². The van der Waals surface area contributed by atoms with Gasteiger partial charge in [-0.15, -0.1) is 0 Å². The lowest BCUT2D eigenvalue weighted by atomic mass is 9.98. The summed E-state index contributed by atoms with van der Waals surface area (Å²) in [5.41, 5.74) is 0. The highest BCUT2D eigenvalue weighted by molar-refractivity contribution is 8.13. The second-order valence-electron chi connectivity index (χ2n) is 6.33. The molecular weight excluding hydrogens is 314 g/mol. The molecule has 0 aliphatic heterocycles. The van der Waals surface area contributed by atoms with E-state index in [0.717, 1.165) is 38.5 Å². The average Bonchev–Trinajstić information content (AvgIpc) is 2.45. The number of aliphatic carboxylic acids is 1. The number of hydrogen-bond donors (Lipinski definition) is 2. The third kappa shape index (κ3) is 14.3. The van der Waals surface area contributed by atoms with E-state index in [9.17, 15) is 14.4 Å². The lowest BCUT2D eigenvalue weighted by Crippen LogP contribution is -2.33. The molecule has 1 atom stereocenters. The zero-order chi connectivity index (χ0) is 17.7. The molecule has 1 unspecified atom stereocenters. The second-order valence-corrected chi connectivity index (χ2v) is 7.53. The lowest BCUT2D eigenvalue weighted by molar-refractivity contribution is -0.137. The minimum absolute atomic E-state index is 0.0401. The zero-order valence-electron chi connectivity index (χ0n) is 14.6. The van der Waals surface area contributed by atoms with Gasteiger partial charge in [-0.3, -0.25) is 14.4 Å². The van der Waals surface area contributed by atoms with Crippen LogP contribution in [-0.2, 0) is 14.4 Å². The minimum Gasteiger partial charge on any atom is -0.481 e. The molecule has 0 fully saturated rings. The van der Waals surface area contributed by atoms with Gasteiger partial charge in [0.25, 0.3) is 0 Å². The number of nitrogens with one attached hydrogen (secondary N) is 1. The van der Waals surface area contributed by atoms with E-state index in [1.807, 2.05) is 0 Å². The molecule has 1 amide bonds. The molecule has 5 nitrogen and oxygen atoms in total. The van der Waals surface area contributed by atoms with Gasteiger partial charge in [-0.25, -0.2) is 0 Å². The minimum atomic E-state index is -0.739. The Labute approximate surface area is 144 Å². The maximum Gasteiger partial charge on any atom is 0.303 e. The van der Waals surface area contributed by atoms with Crippen molar-refractivity contribution in [3.63, 3.8) is 0 Å². The van der Waals surface area contributed by atoms with Crippen LogP contribution in [0, 0.1) is 11.8 Å². The van der Waals surface area contributed by atoms with Gasteiger partial charge >= 0.3 is 5.97 Å². The first-order valence-corrected chi connectivity index (χ1v) is 9.44. The van der Waals surface area contributed by atoms with Gasteiger partial charge in [0.15, 0.2) is 5.12 Å². The van der Waals surface area contributed by atoms with Crippen molar-refractivity contribution in [2.24, 2.45) is 11.8 Å². The Kier molecular flexibility index (Phi) is 12.8. The van der Waals surface area contributed by atoms with Crippen molar-refractivity contribution >= 4 is 28.8 Å². The van der Waals surface area contributed by atoms with Crippen LogP contribution in [0.4, 0.5) is 0 Å². The smallest absolute Gasteiger partial charge is 0.303 e. The van der Waals surface area contributed by atoms with E-state index in [0.29, 0.717) is 18.2 Å². The molecule has 0 aromatic heterocycles. The Hall–Kier alpha value is -1.04. The van der Waals surface area contributed by atoms with Gasteiger partial charge in [0.1, 0.15) is 0 Å². The first-order chi connectivity index (χ1) is 10.8. The number of carboxylic acid groups (broad SMARTS) is 1. The van der Waals surface area contributed by atoms with Gasteiger partial charge in [0.05, 0.1) is 0 Å². The molecule has 0 aromatic rings. The zero-order valence-corrected chi connectivity index (χ0v) is 15.4. The van der Waals surface area contributed by atoms with E-state index < -0.39 is 5.97 Å². The Balaban J connectivity index is 3.84. The average molecular weight is 346 g/mol. The molecule has 0 bridgehead atoms. The van der Waals surface area contributed by atoms with Gasteiger partial charge in [-0.1, -0.05) is 44.9 Å². The topological polar surface area (TPSA) is 83.5 Å². The van der Waals surface area contributed by atoms with E-state index in [-0.39, 0.29) is 23.4 Å². The molecule has 0 radical (unpaired) electrons. The largest absolute Gasteiger partial charge is 0.481 e. The summed E-state index contributed by atoms with van der Waals surface area (Å²) in [7, 11) is 0. The number of unbranched alkanes of at least 4 members (excludes halogenated alkanes) is 4. The predicted octanol–water partition coefficient (Wildman–Crippen LogP) is 3.47. The van der Waals surface area contributed by atoms with Crippen LogP contribution in [0.2, 0.25) is 0 Å². The van der Waals surface area contributed by atoms with Gasteiger partial charge in [0, 0.05) is 31.6 Å². The maximum atomic E-state index is 12.2. The first kappa shape index (κ1) is 22.0. The number of hydrogen-bond acceptors (Lipinski definition) is 4. The molecule has 0 heterocycles. The van der Waals surface area contributed by atoms with Crippen LogP contribution in [-0.4, -0.2) is 34.4 Å². The highest BCUT2D eigenvalue weighted by Gasteiger charge is 2.20. The van der Waals surface area contributed by atoms with E-state index in [1.165, 1.54) is 18.7 Å². The Morgan fingerprint density at radius 1 is 1.04 bits per heavy atom. The SMILES string of the molecule is CC(=O)SCC(CC(C)C)C(=O)NCCCCCCCC(=O)O. The van der Waals surface area contributed by atoms with Crippen LogP contribution in [0.3, 0.4) is 0 Å². The monoisotopic (exact) mass is 345 g/mol. The van der Waals surface area contributed by atoms with E-state index in [2.05, 4.69) is 19.2 Å².